The van der Waals surface area contributed by atoms with Gasteiger partial charge < -0.3 is 15.4 Å². The Hall–Kier alpha value is -3.19. The molecule has 1 amide bonds. The number of rotatable bonds is 6. The number of amides is 1. The van der Waals surface area contributed by atoms with Gasteiger partial charge in [0.15, 0.2) is 17.5 Å². The largest absolute Gasteiger partial charge is 0.378 e. The molecular weight excluding hydrogens is 507 g/mol. The Morgan fingerprint density at radius 1 is 1.13 bits per heavy atom. The van der Waals surface area contributed by atoms with Crippen LogP contribution in [0, 0.1) is 5.82 Å². The van der Waals surface area contributed by atoms with Crippen LogP contribution in [0.4, 0.5) is 10.2 Å². The lowest BCUT2D eigenvalue weighted by Crippen LogP contribution is -2.59. The molecule has 2 fully saturated rings. The maximum Gasteiger partial charge on any atom is 0.237 e. The summed E-state index contributed by atoms with van der Waals surface area (Å²) in [4.78, 5) is 33.8. The Morgan fingerprint density at radius 2 is 1.89 bits per heavy atom. The fourth-order valence-electron chi connectivity index (χ4n) is 5.16. The quantitative estimate of drug-likeness (QED) is 0.399. The van der Waals surface area contributed by atoms with Crippen molar-refractivity contribution in [2.24, 2.45) is 5.73 Å². The molecule has 2 saturated heterocycles. The highest BCUT2D eigenvalue weighted by atomic mass is 32.1. The molecule has 0 atom stereocenters. The molecule has 200 valence electrons. The number of anilines is 1. The lowest BCUT2D eigenvalue weighted by atomic mass is 10.0. The van der Waals surface area contributed by atoms with Gasteiger partial charge in [-0.25, -0.2) is 19.3 Å². The van der Waals surface area contributed by atoms with Crippen molar-refractivity contribution in [1.82, 2.24) is 29.2 Å². The summed E-state index contributed by atoms with van der Waals surface area (Å²) in [5.74, 6) is 0.458. The Bertz CT molecular complexity index is 1490. The van der Waals surface area contributed by atoms with Gasteiger partial charge in [-0.15, -0.1) is 11.3 Å². The zero-order chi connectivity index (χ0) is 26.4. The first kappa shape index (κ1) is 25.1. The molecule has 0 radical (unpaired) electrons. The third kappa shape index (κ3) is 4.51. The molecule has 2 aliphatic heterocycles. The van der Waals surface area contributed by atoms with E-state index in [1.54, 1.807) is 34.2 Å². The molecule has 0 spiro atoms. The van der Waals surface area contributed by atoms with Crippen molar-refractivity contribution in [2.75, 3.05) is 57.4 Å². The molecule has 10 nitrogen and oxygen atoms in total. The number of hydrogen-bond donors (Lipinski definition) is 1. The molecule has 12 heteroatoms. The number of aromatic nitrogens is 4. The Kier molecular flexibility index (Phi) is 6.50. The van der Waals surface area contributed by atoms with Gasteiger partial charge in [0.1, 0.15) is 11.3 Å². The molecule has 2 aliphatic rings. The molecule has 0 bridgehead atoms. The predicted octanol–water partition coefficient (Wildman–Crippen LogP) is 2.36. The van der Waals surface area contributed by atoms with Crippen LogP contribution in [0.2, 0.25) is 0 Å². The summed E-state index contributed by atoms with van der Waals surface area (Å²) >= 11 is 1.69. The third-order valence-electron chi connectivity index (χ3n) is 7.59. The standard InChI is InChI=1S/C26H31FN8O2S/c1-26(2,25(28)36)34-9-7-32(8-10-34)16-17-15-19-22(38-17)24(33-11-13-37-14-12-33)31-23(30-19)21-18(27)3-4-20-29-5-6-35(20)21/h3-6,15H,7-14,16H2,1-2H3,(H2,28,36). The van der Waals surface area contributed by atoms with Crippen molar-refractivity contribution in [3.8, 4) is 11.5 Å². The van der Waals surface area contributed by atoms with Crippen LogP contribution in [0.25, 0.3) is 27.4 Å². The zero-order valence-electron chi connectivity index (χ0n) is 21.6. The maximum absolute atomic E-state index is 15.1. The minimum Gasteiger partial charge on any atom is -0.378 e. The second-order valence-electron chi connectivity index (χ2n) is 10.3. The van der Waals surface area contributed by atoms with Crippen LogP contribution in [0.1, 0.15) is 18.7 Å². The highest BCUT2D eigenvalue weighted by molar-refractivity contribution is 7.19. The second kappa shape index (κ2) is 9.84. The molecule has 4 aromatic rings. The molecule has 0 aliphatic carbocycles. The van der Waals surface area contributed by atoms with Crippen molar-refractivity contribution in [2.45, 2.75) is 25.9 Å². The summed E-state index contributed by atoms with van der Waals surface area (Å²) in [6, 6.07) is 5.16. The van der Waals surface area contributed by atoms with E-state index in [0.717, 1.165) is 48.8 Å². The number of imidazole rings is 1. The number of hydrogen-bond acceptors (Lipinski definition) is 9. The van der Waals surface area contributed by atoms with Crippen LogP contribution in [0.3, 0.4) is 0 Å². The van der Waals surface area contributed by atoms with Crippen molar-refractivity contribution in [1.29, 1.82) is 0 Å². The molecule has 6 heterocycles. The van der Waals surface area contributed by atoms with Gasteiger partial charge in [0, 0.05) is 63.1 Å². The number of ether oxygens (including phenoxy) is 1. The van der Waals surface area contributed by atoms with Crippen LogP contribution in [-0.2, 0) is 16.1 Å². The summed E-state index contributed by atoms with van der Waals surface area (Å²) < 4.78 is 23.4. The van der Waals surface area contributed by atoms with E-state index in [0.29, 0.717) is 43.5 Å². The van der Waals surface area contributed by atoms with E-state index in [1.165, 1.54) is 10.9 Å². The van der Waals surface area contributed by atoms with Gasteiger partial charge in [0.25, 0.3) is 0 Å². The van der Waals surface area contributed by atoms with Crippen molar-refractivity contribution in [3.63, 3.8) is 0 Å². The van der Waals surface area contributed by atoms with E-state index in [-0.39, 0.29) is 5.91 Å². The van der Waals surface area contributed by atoms with Crippen LogP contribution in [0.15, 0.2) is 30.6 Å². The molecule has 0 unspecified atom stereocenters. The summed E-state index contributed by atoms with van der Waals surface area (Å²) in [5, 5.41) is 0. The highest BCUT2D eigenvalue weighted by Crippen LogP contribution is 2.36. The molecule has 2 N–H and O–H groups in total. The minimum atomic E-state index is -0.657. The number of carbonyl (C=O) groups excluding carboxylic acids is 1. The van der Waals surface area contributed by atoms with Gasteiger partial charge in [-0.3, -0.25) is 19.0 Å². The van der Waals surface area contributed by atoms with E-state index >= 15 is 4.39 Å². The fraction of sp³-hybridized carbons (Fsp3) is 0.462. The van der Waals surface area contributed by atoms with E-state index in [9.17, 15) is 4.79 Å². The van der Waals surface area contributed by atoms with Crippen molar-refractivity contribution >= 4 is 38.9 Å². The van der Waals surface area contributed by atoms with Gasteiger partial charge in [-0.1, -0.05) is 0 Å². The number of carbonyl (C=O) groups is 1. The van der Waals surface area contributed by atoms with E-state index in [4.69, 9.17) is 20.4 Å². The summed E-state index contributed by atoms with van der Waals surface area (Å²) in [5.41, 5.74) is 6.72. The summed E-state index contributed by atoms with van der Waals surface area (Å²) in [7, 11) is 0. The predicted molar refractivity (Wildman–Crippen MR) is 145 cm³/mol. The number of piperazine rings is 1. The number of halogens is 1. The fourth-order valence-corrected chi connectivity index (χ4v) is 6.32. The van der Waals surface area contributed by atoms with Gasteiger partial charge in [0.05, 0.1) is 29.0 Å². The molecule has 4 aromatic heterocycles. The molecule has 0 saturated carbocycles. The summed E-state index contributed by atoms with van der Waals surface area (Å²) in [6.07, 6.45) is 3.38. The average molecular weight is 539 g/mol. The molecule has 38 heavy (non-hydrogen) atoms. The van der Waals surface area contributed by atoms with Crippen LogP contribution in [-0.4, -0.2) is 93.1 Å². The van der Waals surface area contributed by atoms with Crippen LogP contribution < -0.4 is 10.6 Å². The van der Waals surface area contributed by atoms with E-state index < -0.39 is 11.4 Å². The molecule has 6 rings (SSSR count). The number of nitrogens with two attached hydrogens (primary N) is 1. The number of pyridine rings is 1. The highest BCUT2D eigenvalue weighted by Gasteiger charge is 2.34. The SMILES string of the molecule is CC(C)(C(N)=O)N1CCN(Cc2cc3nc(-c4c(F)ccc5nccn45)nc(N4CCOCC4)c3s2)CC1. The zero-order valence-corrected chi connectivity index (χ0v) is 22.4. The number of nitrogens with zero attached hydrogens (tertiary/aromatic N) is 7. The Morgan fingerprint density at radius 3 is 2.63 bits per heavy atom. The molecular formula is C26H31FN8O2S. The Balaban J connectivity index is 1.33. The number of thiophene rings is 1. The third-order valence-corrected chi connectivity index (χ3v) is 8.69. The maximum atomic E-state index is 15.1. The van der Waals surface area contributed by atoms with Crippen molar-refractivity contribution in [3.05, 3.63) is 41.3 Å². The first-order valence-electron chi connectivity index (χ1n) is 12.8. The summed E-state index contributed by atoms with van der Waals surface area (Å²) in [6.45, 7) is 10.4. The van der Waals surface area contributed by atoms with Crippen molar-refractivity contribution < 1.29 is 13.9 Å². The lowest BCUT2D eigenvalue weighted by molar-refractivity contribution is -0.129. The van der Waals surface area contributed by atoms with Gasteiger partial charge in [-0.05, 0) is 32.0 Å². The van der Waals surface area contributed by atoms with E-state index in [1.807, 2.05) is 13.8 Å². The van der Waals surface area contributed by atoms with Crippen LogP contribution in [0.5, 0.6) is 0 Å². The normalized spacial score (nSPS) is 18.0. The average Bonchev–Trinajstić information content (AvgIpc) is 3.55. The lowest BCUT2D eigenvalue weighted by Gasteiger charge is -2.42. The molecule has 0 aromatic carbocycles. The number of primary amides is 1. The minimum absolute atomic E-state index is 0.303. The number of morpholine rings is 1. The second-order valence-corrected chi connectivity index (χ2v) is 11.4. The monoisotopic (exact) mass is 538 g/mol. The smallest absolute Gasteiger partial charge is 0.237 e. The number of fused-ring (bicyclic) bond motifs is 2. The van der Waals surface area contributed by atoms with Gasteiger partial charge >= 0.3 is 0 Å². The van der Waals surface area contributed by atoms with E-state index in [2.05, 4.69) is 25.8 Å². The topological polar surface area (TPSA) is 105 Å². The Labute approximate surface area is 223 Å². The first-order chi connectivity index (χ1) is 18.3. The first-order valence-corrected chi connectivity index (χ1v) is 13.7. The van der Waals surface area contributed by atoms with Gasteiger partial charge in [-0.2, -0.15) is 0 Å². The van der Waals surface area contributed by atoms with Gasteiger partial charge in [0.2, 0.25) is 5.91 Å². The van der Waals surface area contributed by atoms with Crippen LogP contribution >= 0.6 is 11.3 Å².